The molecule has 0 fully saturated rings. The molecule has 0 radical (unpaired) electrons. The number of carbonyl (C=O) groups is 2. The van der Waals surface area contributed by atoms with Gasteiger partial charge in [0, 0.05) is 12.6 Å². The maximum absolute atomic E-state index is 12.9. The number of benzene rings is 2. The lowest BCUT2D eigenvalue weighted by molar-refractivity contribution is -0.142. The third-order valence-corrected chi connectivity index (χ3v) is 4.35. The third kappa shape index (κ3) is 11.2. The van der Waals surface area contributed by atoms with E-state index >= 15 is 0 Å². The van der Waals surface area contributed by atoms with E-state index in [9.17, 15) is 22.8 Å². The summed E-state index contributed by atoms with van der Waals surface area (Å²) in [4.78, 5) is 23.0. The van der Waals surface area contributed by atoms with Crippen LogP contribution in [0.5, 0.6) is 0 Å². The molecule has 0 saturated carbocycles. The Bertz CT molecular complexity index is 937. The van der Waals surface area contributed by atoms with E-state index in [1.165, 1.54) is 25.1 Å². The normalized spacial score (nSPS) is 11.2. The summed E-state index contributed by atoms with van der Waals surface area (Å²) >= 11 is 0. The number of para-hydroxylation sites is 1. The highest BCUT2D eigenvalue weighted by Gasteiger charge is 2.30. The number of carbonyl (C=O) groups excluding carboxylic acids is 2. The fourth-order valence-corrected chi connectivity index (χ4v) is 2.76. The van der Waals surface area contributed by atoms with Gasteiger partial charge in [0.15, 0.2) is 0 Å². The predicted octanol–water partition coefficient (Wildman–Crippen LogP) is 4.22. The predicted molar refractivity (Wildman–Crippen MR) is 121 cm³/mol. The molecular weight excluding hydrogens is 471 g/mol. The van der Waals surface area contributed by atoms with Crippen LogP contribution in [0.3, 0.4) is 0 Å². The smallest absolute Gasteiger partial charge is 0.416 e. The molecule has 192 valence electrons. The summed E-state index contributed by atoms with van der Waals surface area (Å²) in [5, 5.41) is 2.84. The second-order valence-electron chi connectivity index (χ2n) is 7.06. The molecule has 0 spiro atoms. The van der Waals surface area contributed by atoms with Gasteiger partial charge in [0.1, 0.15) is 13.2 Å². The van der Waals surface area contributed by atoms with Crippen molar-refractivity contribution in [2.75, 3.05) is 58.2 Å². The topological polar surface area (TPSA) is 92.3 Å². The Labute approximate surface area is 201 Å². The van der Waals surface area contributed by atoms with Crippen LogP contribution >= 0.6 is 0 Å². The van der Waals surface area contributed by atoms with E-state index in [-0.39, 0.29) is 37.0 Å². The summed E-state index contributed by atoms with van der Waals surface area (Å²) in [5.41, 5.74) is -0.100. The zero-order valence-corrected chi connectivity index (χ0v) is 19.3. The number of rotatable bonds is 15. The van der Waals surface area contributed by atoms with Crippen molar-refractivity contribution in [1.82, 2.24) is 0 Å². The van der Waals surface area contributed by atoms with E-state index in [1.807, 2.05) is 0 Å². The number of halogens is 3. The largest absolute Gasteiger partial charge is 0.463 e. The van der Waals surface area contributed by atoms with Gasteiger partial charge < -0.3 is 29.0 Å². The standard InChI is InChI=1S/C24H28F3NO7/c1-18(29)34-15-13-32-11-9-31-10-12-33-14-16-35-23(30)21-7-2-3-8-22(21)28-20-6-4-5-19(17-20)24(25,26)27/h2-8,17,28H,9-16H2,1H3. The van der Waals surface area contributed by atoms with E-state index < -0.39 is 17.7 Å². The average molecular weight is 499 g/mol. The molecule has 0 aliphatic rings. The van der Waals surface area contributed by atoms with E-state index in [2.05, 4.69) is 5.32 Å². The van der Waals surface area contributed by atoms with E-state index in [0.29, 0.717) is 38.7 Å². The SMILES string of the molecule is CC(=O)OCCOCCOCCOCCOC(=O)c1ccccc1Nc1cccc(C(F)(F)F)c1. The summed E-state index contributed by atoms with van der Waals surface area (Å²) in [5.74, 6) is -0.991. The minimum atomic E-state index is -4.47. The molecule has 0 aliphatic carbocycles. The van der Waals surface area contributed by atoms with Crippen molar-refractivity contribution in [1.29, 1.82) is 0 Å². The van der Waals surface area contributed by atoms with Crippen LogP contribution in [0.25, 0.3) is 0 Å². The van der Waals surface area contributed by atoms with Gasteiger partial charge in [-0.2, -0.15) is 13.2 Å². The van der Waals surface area contributed by atoms with Crippen LogP contribution < -0.4 is 5.32 Å². The van der Waals surface area contributed by atoms with Crippen molar-refractivity contribution in [2.45, 2.75) is 13.1 Å². The minimum Gasteiger partial charge on any atom is -0.463 e. The first-order chi connectivity index (χ1) is 16.8. The lowest BCUT2D eigenvalue weighted by Crippen LogP contribution is -2.15. The zero-order valence-electron chi connectivity index (χ0n) is 19.3. The Kier molecular flexibility index (Phi) is 12.0. The van der Waals surface area contributed by atoms with Crippen molar-refractivity contribution >= 4 is 23.3 Å². The summed E-state index contributed by atoms with van der Waals surface area (Å²) in [6.45, 7) is 3.29. The van der Waals surface area contributed by atoms with Gasteiger partial charge in [-0.3, -0.25) is 4.79 Å². The Hall–Kier alpha value is -3.15. The Balaban J connectivity index is 1.65. The molecule has 0 amide bonds. The number of anilines is 2. The number of alkyl halides is 3. The average Bonchev–Trinajstić information content (AvgIpc) is 2.81. The Morgan fingerprint density at radius 3 is 1.94 bits per heavy atom. The van der Waals surface area contributed by atoms with Crippen LogP contribution in [0.15, 0.2) is 48.5 Å². The quantitative estimate of drug-likeness (QED) is 0.288. The van der Waals surface area contributed by atoms with Crippen LogP contribution in [-0.4, -0.2) is 64.8 Å². The summed E-state index contributed by atoms with van der Waals surface area (Å²) < 4.78 is 64.6. The molecule has 11 heteroatoms. The second kappa shape index (κ2) is 15.0. The van der Waals surface area contributed by atoms with Crippen LogP contribution in [0.4, 0.5) is 24.5 Å². The van der Waals surface area contributed by atoms with Gasteiger partial charge in [-0.25, -0.2) is 4.79 Å². The minimum absolute atomic E-state index is 0.00398. The fraction of sp³-hybridized carbons (Fsp3) is 0.417. The molecule has 0 heterocycles. The van der Waals surface area contributed by atoms with Crippen molar-refractivity contribution < 1.29 is 46.4 Å². The Morgan fingerprint density at radius 2 is 1.34 bits per heavy atom. The monoisotopic (exact) mass is 499 g/mol. The highest BCUT2D eigenvalue weighted by molar-refractivity contribution is 5.96. The number of esters is 2. The van der Waals surface area contributed by atoms with Gasteiger partial charge in [0.2, 0.25) is 0 Å². The van der Waals surface area contributed by atoms with Gasteiger partial charge in [0.25, 0.3) is 0 Å². The number of hydrogen-bond donors (Lipinski definition) is 1. The van der Waals surface area contributed by atoms with Crippen LogP contribution in [-0.2, 0) is 34.7 Å². The maximum Gasteiger partial charge on any atom is 0.416 e. The third-order valence-electron chi connectivity index (χ3n) is 4.35. The molecule has 2 aromatic carbocycles. The fourth-order valence-electron chi connectivity index (χ4n) is 2.76. The van der Waals surface area contributed by atoms with Crippen molar-refractivity contribution in [3.63, 3.8) is 0 Å². The van der Waals surface area contributed by atoms with Gasteiger partial charge in [-0.1, -0.05) is 18.2 Å². The molecule has 1 N–H and O–H groups in total. The maximum atomic E-state index is 12.9. The highest BCUT2D eigenvalue weighted by atomic mass is 19.4. The lowest BCUT2D eigenvalue weighted by atomic mass is 10.1. The van der Waals surface area contributed by atoms with E-state index in [4.69, 9.17) is 23.7 Å². The zero-order chi connectivity index (χ0) is 25.5. The molecule has 0 aliphatic heterocycles. The first-order valence-corrected chi connectivity index (χ1v) is 10.8. The molecule has 0 atom stereocenters. The first kappa shape index (κ1) is 28.1. The molecule has 2 rings (SSSR count). The molecule has 0 bridgehead atoms. The molecule has 0 saturated heterocycles. The summed E-state index contributed by atoms with van der Waals surface area (Å²) in [6.07, 6.45) is -4.47. The lowest BCUT2D eigenvalue weighted by Gasteiger charge is -2.13. The highest BCUT2D eigenvalue weighted by Crippen LogP contribution is 2.32. The van der Waals surface area contributed by atoms with Gasteiger partial charge in [-0.05, 0) is 30.3 Å². The number of hydrogen-bond acceptors (Lipinski definition) is 8. The Morgan fingerprint density at radius 1 is 0.771 bits per heavy atom. The summed E-state index contributed by atoms with van der Waals surface area (Å²) in [6, 6.07) is 11.1. The second-order valence-corrected chi connectivity index (χ2v) is 7.06. The van der Waals surface area contributed by atoms with Crippen LogP contribution in [0.2, 0.25) is 0 Å². The van der Waals surface area contributed by atoms with Gasteiger partial charge >= 0.3 is 18.1 Å². The molecule has 0 aromatic heterocycles. The van der Waals surface area contributed by atoms with Crippen molar-refractivity contribution in [3.8, 4) is 0 Å². The molecule has 2 aromatic rings. The van der Waals surface area contributed by atoms with Gasteiger partial charge in [0.05, 0.1) is 56.5 Å². The van der Waals surface area contributed by atoms with Crippen molar-refractivity contribution in [2.24, 2.45) is 0 Å². The first-order valence-electron chi connectivity index (χ1n) is 10.8. The van der Waals surface area contributed by atoms with Gasteiger partial charge in [-0.15, -0.1) is 0 Å². The summed E-state index contributed by atoms with van der Waals surface area (Å²) in [7, 11) is 0. The molecule has 0 unspecified atom stereocenters. The van der Waals surface area contributed by atoms with Crippen LogP contribution in [0.1, 0.15) is 22.8 Å². The van der Waals surface area contributed by atoms with E-state index in [1.54, 1.807) is 18.2 Å². The van der Waals surface area contributed by atoms with Crippen molar-refractivity contribution in [3.05, 3.63) is 59.7 Å². The molecule has 35 heavy (non-hydrogen) atoms. The number of ether oxygens (including phenoxy) is 5. The molecular formula is C24H28F3NO7. The van der Waals surface area contributed by atoms with Crippen LogP contribution in [0, 0.1) is 0 Å². The number of nitrogens with one attached hydrogen (secondary N) is 1. The van der Waals surface area contributed by atoms with E-state index in [0.717, 1.165) is 12.1 Å². The molecule has 8 nitrogen and oxygen atoms in total.